The number of hydrogen-bond acceptors (Lipinski definition) is 2. The molecule has 2 heterocycles. The molecule has 4 aromatic carbocycles. The number of pyridine rings is 1. The van der Waals surface area contributed by atoms with E-state index in [4.69, 9.17) is 21.6 Å². The number of imidazole rings is 1. The van der Waals surface area contributed by atoms with Crippen molar-refractivity contribution in [3.05, 3.63) is 127 Å². The van der Waals surface area contributed by atoms with Crippen molar-refractivity contribution in [3.8, 4) is 39.6 Å². The second-order valence-corrected chi connectivity index (χ2v) is 8.42. The Bertz CT molecular complexity index is 1590. The minimum atomic E-state index is 0.467. The Labute approximate surface area is 203 Å². The first-order valence-electron chi connectivity index (χ1n) is 11.1. The van der Waals surface area contributed by atoms with Gasteiger partial charge in [0, 0.05) is 28.3 Å². The highest BCUT2D eigenvalue weighted by atomic mass is 35.5. The molecule has 4 heteroatoms. The molecular weight excluding hydrogens is 438 g/mol. The SMILES string of the molecule is Clc1nc(-n2cc(-c3ccccc3)nc2-c2ccccc2)c2ccccc2c1-c1ccccc1. The molecule has 0 N–H and O–H groups in total. The van der Waals surface area contributed by atoms with Gasteiger partial charge in [0.15, 0.2) is 0 Å². The molecule has 0 amide bonds. The van der Waals surface area contributed by atoms with Crippen LogP contribution >= 0.6 is 11.6 Å². The maximum absolute atomic E-state index is 6.87. The van der Waals surface area contributed by atoms with Gasteiger partial charge in [0.1, 0.15) is 16.8 Å². The number of hydrogen-bond donors (Lipinski definition) is 0. The van der Waals surface area contributed by atoms with Crippen LogP contribution in [-0.4, -0.2) is 14.5 Å². The zero-order chi connectivity index (χ0) is 22.9. The van der Waals surface area contributed by atoms with Crippen LogP contribution in [0.15, 0.2) is 121 Å². The Kier molecular flexibility index (Phi) is 5.17. The van der Waals surface area contributed by atoms with Crippen LogP contribution in [0.5, 0.6) is 0 Å². The first kappa shape index (κ1) is 20.4. The molecule has 0 saturated heterocycles. The minimum absolute atomic E-state index is 0.467. The van der Waals surface area contributed by atoms with Crippen LogP contribution in [0, 0.1) is 0 Å². The number of aromatic nitrogens is 3. The van der Waals surface area contributed by atoms with E-state index in [0.717, 1.165) is 50.4 Å². The maximum Gasteiger partial charge on any atom is 0.148 e. The summed E-state index contributed by atoms with van der Waals surface area (Å²) in [5, 5.41) is 2.53. The van der Waals surface area contributed by atoms with E-state index in [2.05, 4.69) is 53.1 Å². The Balaban J connectivity index is 1.65. The van der Waals surface area contributed by atoms with Crippen molar-refractivity contribution in [1.82, 2.24) is 14.5 Å². The molecule has 0 aliphatic heterocycles. The van der Waals surface area contributed by atoms with Crippen molar-refractivity contribution in [2.75, 3.05) is 0 Å². The van der Waals surface area contributed by atoms with E-state index < -0.39 is 0 Å². The standard InChI is InChI=1S/C30H20ClN3/c31-28-27(22-14-6-2-7-15-22)24-18-10-11-19-25(24)30(33-28)34-20-26(21-12-4-1-5-13-21)32-29(34)23-16-8-3-9-17-23/h1-20H. The molecule has 0 atom stereocenters. The fourth-order valence-electron chi connectivity index (χ4n) is 4.36. The first-order valence-corrected chi connectivity index (χ1v) is 11.5. The summed E-state index contributed by atoms with van der Waals surface area (Å²) in [6, 6.07) is 38.8. The average Bonchev–Trinajstić information content (AvgIpc) is 3.35. The molecule has 6 aromatic rings. The number of fused-ring (bicyclic) bond motifs is 1. The van der Waals surface area contributed by atoms with Crippen molar-refractivity contribution in [2.24, 2.45) is 0 Å². The number of nitrogens with zero attached hydrogens (tertiary/aromatic N) is 3. The molecule has 2 aromatic heterocycles. The van der Waals surface area contributed by atoms with Gasteiger partial charge < -0.3 is 0 Å². The molecular formula is C30H20ClN3. The predicted molar refractivity (Wildman–Crippen MR) is 140 cm³/mol. The molecule has 0 bridgehead atoms. The Morgan fingerprint density at radius 3 is 1.71 bits per heavy atom. The van der Waals surface area contributed by atoms with E-state index in [-0.39, 0.29) is 0 Å². The average molecular weight is 458 g/mol. The Morgan fingerprint density at radius 2 is 1.06 bits per heavy atom. The summed E-state index contributed by atoms with van der Waals surface area (Å²) in [5.74, 6) is 1.58. The summed E-state index contributed by atoms with van der Waals surface area (Å²) in [5.41, 5.74) is 4.93. The van der Waals surface area contributed by atoms with Crippen molar-refractivity contribution < 1.29 is 0 Å². The molecule has 0 saturated carbocycles. The predicted octanol–water partition coefficient (Wildman–Crippen LogP) is 8.07. The summed E-state index contributed by atoms with van der Waals surface area (Å²) in [6.45, 7) is 0. The molecule has 6 rings (SSSR count). The van der Waals surface area contributed by atoms with Gasteiger partial charge in [-0.1, -0.05) is 127 Å². The van der Waals surface area contributed by atoms with Crippen molar-refractivity contribution >= 4 is 22.4 Å². The summed E-state index contributed by atoms with van der Waals surface area (Å²) in [4.78, 5) is 9.95. The van der Waals surface area contributed by atoms with Crippen LogP contribution in [0.2, 0.25) is 5.15 Å². The van der Waals surface area contributed by atoms with E-state index in [0.29, 0.717) is 5.15 Å². The van der Waals surface area contributed by atoms with Gasteiger partial charge in [0.05, 0.1) is 5.69 Å². The van der Waals surface area contributed by atoms with Crippen LogP contribution in [0.3, 0.4) is 0 Å². The van der Waals surface area contributed by atoms with E-state index in [1.165, 1.54) is 0 Å². The normalized spacial score (nSPS) is 11.1. The van der Waals surface area contributed by atoms with Gasteiger partial charge in [0.25, 0.3) is 0 Å². The van der Waals surface area contributed by atoms with Crippen LogP contribution in [0.1, 0.15) is 0 Å². The highest BCUT2D eigenvalue weighted by Gasteiger charge is 2.19. The number of benzene rings is 4. The van der Waals surface area contributed by atoms with Gasteiger partial charge >= 0.3 is 0 Å². The fourth-order valence-corrected chi connectivity index (χ4v) is 4.65. The number of rotatable bonds is 4. The van der Waals surface area contributed by atoms with Gasteiger partial charge in [-0.25, -0.2) is 9.97 Å². The molecule has 0 fully saturated rings. The topological polar surface area (TPSA) is 30.7 Å². The van der Waals surface area contributed by atoms with E-state index in [1.54, 1.807) is 0 Å². The van der Waals surface area contributed by atoms with Crippen LogP contribution in [0.4, 0.5) is 0 Å². The van der Waals surface area contributed by atoms with Crippen LogP contribution < -0.4 is 0 Å². The Morgan fingerprint density at radius 1 is 0.529 bits per heavy atom. The van der Waals surface area contributed by atoms with E-state index >= 15 is 0 Å². The molecule has 3 nitrogen and oxygen atoms in total. The van der Waals surface area contributed by atoms with Crippen LogP contribution in [0.25, 0.3) is 50.4 Å². The van der Waals surface area contributed by atoms with Gasteiger partial charge in [0.2, 0.25) is 0 Å². The second kappa shape index (κ2) is 8.62. The highest BCUT2D eigenvalue weighted by molar-refractivity contribution is 6.34. The fraction of sp³-hybridized carbons (Fsp3) is 0. The van der Waals surface area contributed by atoms with E-state index in [1.807, 2.05) is 72.9 Å². The maximum atomic E-state index is 6.87. The quantitative estimate of drug-likeness (QED) is 0.250. The zero-order valence-electron chi connectivity index (χ0n) is 18.3. The lowest BCUT2D eigenvalue weighted by Gasteiger charge is -2.15. The zero-order valence-corrected chi connectivity index (χ0v) is 19.0. The lowest BCUT2D eigenvalue weighted by molar-refractivity contribution is 1.02. The number of halogens is 1. The third kappa shape index (κ3) is 3.57. The third-order valence-corrected chi connectivity index (χ3v) is 6.22. The van der Waals surface area contributed by atoms with Crippen molar-refractivity contribution in [3.63, 3.8) is 0 Å². The highest BCUT2D eigenvalue weighted by Crippen LogP contribution is 2.38. The molecule has 0 unspecified atom stereocenters. The summed E-state index contributed by atoms with van der Waals surface area (Å²) in [7, 11) is 0. The molecule has 0 aliphatic carbocycles. The summed E-state index contributed by atoms with van der Waals surface area (Å²) < 4.78 is 2.06. The van der Waals surface area contributed by atoms with Gasteiger partial charge in [-0.3, -0.25) is 4.57 Å². The van der Waals surface area contributed by atoms with Crippen LogP contribution in [-0.2, 0) is 0 Å². The molecule has 0 aliphatic rings. The smallest absolute Gasteiger partial charge is 0.148 e. The van der Waals surface area contributed by atoms with Gasteiger partial charge in [-0.2, -0.15) is 0 Å². The molecule has 0 spiro atoms. The molecule has 0 radical (unpaired) electrons. The van der Waals surface area contributed by atoms with E-state index in [9.17, 15) is 0 Å². The first-order chi connectivity index (χ1) is 16.8. The summed E-state index contributed by atoms with van der Waals surface area (Å²) >= 11 is 6.87. The van der Waals surface area contributed by atoms with Crippen molar-refractivity contribution in [2.45, 2.75) is 0 Å². The third-order valence-electron chi connectivity index (χ3n) is 5.95. The lowest BCUT2D eigenvalue weighted by atomic mass is 10.0. The summed E-state index contributed by atoms with van der Waals surface area (Å²) in [6.07, 6.45) is 2.05. The largest absolute Gasteiger partial charge is 0.283 e. The minimum Gasteiger partial charge on any atom is -0.283 e. The molecule has 34 heavy (non-hydrogen) atoms. The monoisotopic (exact) mass is 457 g/mol. The van der Waals surface area contributed by atoms with Crippen molar-refractivity contribution in [1.29, 1.82) is 0 Å². The van der Waals surface area contributed by atoms with Gasteiger partial charge in [-0.15, -0.1) is 0 Å². The lowest BCUT2D eigenvalue weighted by Crippen LogP contribution is -2.02. The Hall–Kier alpha value is -4.21. The second-order valence-electron chi connectivity index (χ2n) is 8.06. The van der Waals surface area contributed by atoms with Gasteiger partial charge in [-0.05, 0) is 10.9 Å². The molecule has 162 valence electrons.